The highest BCUT2D eigenvalue weighted by atomic mass is 28.5. The molecular formula is C14H25F3O2Si. The van der Waals surface area contributed by atoms with Crippen molar-refractivity contribution in [1.29, 1.82) is 0 Å². The fourth-order valence-electron chi connectivity index (χ4n) is 1.90. The maximum absolute atomic E-state index is 12.0. The van der Waals surface area contributed by atoms with E-state index in [2.05, 4.69) is 6.58 Å². The van der Waals surface area contributed by atoms with E-state index in [9.17, 15) is 17.1 Å². The lowest BCUT2D eigenvalue weighted by atomic mass is 10.1. The minimum Gasteiger partial charge on any atom is -0.463 e. The summed E-state index contributed by atoms with van der Waals surface area (Å²) >= 11 is 0. The van der Waals surface area contributed by atoms with E-state index in [0.29, 0.717) is 19.4 Å². The quantitative estimate of drug-likeness (QED) is 0.156. The van der Waals surface area contributed by atoms with Gasteiger partial charge in [0.2, 0.25) is 0 Å². The van der Waals surface area contributed by atoms with Gasteiger partial charge in [-0.15, -0.1) is 0 Å². The van der Waals surface area contributed by atoms with Crippen LogP contribution in [-0.2, 0) is 9.53 Å². The van der Waals surface area contributed by atoms with E-state index in [1.807, 2.05) is 0 Å². The smallest absolute Gasteiger partial charge is 0.463 e. The molecule has 118 valence electrons. The van der Waals surface area contributed by atoms with E-state index in [4.69, 9.17) is 4.74 Å². The Morgan fingerprint density at radius 2 is 1.35 bits per heavy atom. The maximum Gasteiger partial charge on any atom is 0.616 e. The minimum atomic E-state index is -5.30. The lowest BCUT2D eigenvalue weighted by Gasteiger charge is -2.04. The van der Waals surface area contributed by atoms with Gasteiger partial charge in [-0.2, -0.15) is 0 Å². The van der Waals surface area contributed by atoms with Crippen LogP contribution in [0.3, 0.4) is 0 Å². The Morgan fingerprint density at radius 1 is 0.900 bits per heavy atom. The minimum absolute atomic E-state index is 0.310. The summed E-state index contributed by atoms with van der Waals surface area (Å²) in [5, 5.41) is 0. The third-order valence-electron chi connectivity index (χ3n) is 3.02. The number of hydrogen-bond acceptors (Lipinski definition) is 2. The number of carbonyl (C=O) groups is 1. The first kappa shape index (κ1) is 19.2. The lowest BCUT2D eigenvalue weighted by molar-refractivity contribution is -0.137. The lowest BCUT2D eigenvalue weighted by Crippen LogP contribution is -2.13. The van der Waals surface area contributed by atoms with Gasteiger partial charge in [-0.25, -0.2) is 17.1 Å². The van der Waals surface area contributed by atoms with E-state index in [1.54, 1.807) is 0 Å². The van der Waals surface area contributed by atoms with Crippen molar-refractivity contribution in [2.45, 2.75) is 63.8 Å². The van der Waals surface area contributed by atoms with E-state index >= 15 is 0 Å². The Bertz CT molecular complexity index is 268. The molecule has 0 radical (unpaired) electrons. The summed E-state index contributed by atoms with van der Waals surface area (Å²) < 4.78 is 40.9. The second-order valence-electron chi connectivity index (χ2n) is 4.92. The van der Waals surface area contributed by atoms with Crippen LogP contribution in [0.1, 0.15) is 57.8 Å². The molecular weight excluding hydrogens is 285 g/mol. The number of esters is 1. The van der Waals surface area contributed by atoms with E-state index < -0.39 is 15.1 Å². The average molecular weight is 310 g/mol. The standard InChI is InChI=1S/C14H25F3O2Si/c1-2-14(18)19-12-10-8-6-4-3-5-7-9-11-13-20(15,16)17/h2H,1,3-13H2. The first-order valence-corrected chi connectivity index (χ1v) is 9.16. The molecule has 0 aliphatic carbocycles. The molecule has 0 amide bonds. The highest BCUT2D eigenvalue weighted by Crippen LogP contribution is 2.19. The molecule has 0 unspecified atom stereocenters. The van der Waals surface area contributed by atoms with E-state index in [-0.39, 0.29) is 5.97 Å². The second-order valence-corrected chi connectivity index (χ2v) is 6.65. The van der Waals surface area contributed by atoms with Gasteiger partial charge in [0.05, 0.1) is 6.61 Å². The first-order valence-electron chi connectivity index (χ1n) is 7.31. The van der Waals surface area contributed by atoms with Crippen LogP contribution in [0, 0.1) is 0 Å². The molecule has 0 spiro atoms. The van der Waals surface area contributed by atoms with Gasteiger partial charge in [-0.1, -0.05) is 51.5 Å². The zero-order chi connectivity index (χ0) is 15.3. The maximum atomic E-state index is 12.0. The molecule has 0 heterocycles. The summed E-state index contributed by atoms with van der Waals surface area (Å²) in [6, 6.07) is -0.517. The van der Waals surface area contributed by atoms with Crippen molar-refractivity contribution in [3.8, 4) is 0 Å². The Hall–Kier alpha value is -0.783. The molecule has 20 heavy (non-hydrogen) atoms. The van der Waals surface area contributed by atoms with Crippen LogP contribution < -0.4 is 0 Å². The van der Waals surface area contributed by atoms with Gasteiger partial charge in [-0.3, -0.25) is 0 Å². The van der Waals surface area contributed by atoms with Crippen molar-refractivity contribution in [3.05, 3.63) is 12.7 Å². The van der Waals surface area contributed by atoms with Gasteiger partial charge in [-0.05, 0) is 12.8 Å². The van der Waals surface area contributed by atoms with Crippen LogP contribution in [0.5, 0.6) is 0 Å². The van der Waals surface area contributed by atoms with Gasteiger partial charge < -0.3 is 4.74 Å². The van der Waals surface area contributed by atoms with Gasteiger partial charge in [0.25, 0.3) is 0 Å². The predicted molar refractivity (Wildman–Crippen MR) is 76.6 cm³/mol. The summed E-state index contributed by atoms with van der Waals surface area (Å²) in [5.41, 5.74) is 0. The molecule has 0 aliphatic heterocycles. The number of ether oxygens (including phenoxy) is 1. The molecule has 0 atom stereocenters. The molecule has 0 N–H and O–H groups in total. The first-order chi connectivity index (χ1) is 9.45. The summed E-state index contributed by atoms with van der Waals surface area (Å²) in [7, 11) is -5.30. The number of carbonyl (C=O) groups excluding carboxylic acids is 1. The molecule has 0 aromatic heterocycles. The third-order valence-corrected chi connectivity index (χ3v) is 3.94. The largest absolute Gasteiger partial charge is 0.616 e. The summed E-state index contributed by atoms with van der Waals surface area (Å²) in [6.07, 6.45) is 9.22. The molecule has 6 heteroatoms. The Balaban J connectivity index is 3.10. The van der Waals surface area contributed by atoms with Crippen LogP contribution in [-0.4, -0.2) is 21.7 Å². The molecule has 0 fully saturated rings. The van der Waals surface area contributed by atoms with Gasteiger partial charge in [0.15, 0.2) is 0 Å². The van der Waals surface area contributed by atoms with Gasteiger partial charge in [0.1, 0.15) is 0 Å². The fourth-order valence-corrected chi connectivity index (χ4v) is 2.55. The van der Waals surface area contributed by atoms with E-state index in [0.717, 1.165) is 51.0 Å². The van der Waals surface area contributed by atoms with Crippen LogP contribution >= 0.6 is 0 Å². The molecule has 0 rings (SSSR count). The molecule has 2 nitrogen and oxygen atoms in total. The highest BCUT2D eigenvalue weighted by molar-refractivity contribution is 6.58. The third kappa shape index (κ3) is 15.3. The molecule has 0 saturated heterocycles. The number of halogens is 3. The number of rotatable bonds is 13. The van der Waals surface area contributed by atoms with Crippen molar-refractivity contribution in [3.63, 3.8) is 0 Å². The van der Waals surface area contributed by atoms with Gasteiger partial charge >= 0.3 is 15.0 Å². The van der Waals surface area contributed by atoms with Crippen molar-refractivity contribution in [2.24, 2.45) is 0 Å². The predicted octanol–water partition coefficient (Wildman–Crippen LogP) is 5.07. The molecule has 0 aromatic carbocycles. The zero-order valence-electron chi connectivity index (χ0n) is 12.0. The summed E-state index contributed by atoms with van der Waals surface area (Å²) in [5.74, 6) is -0.382. The Kier molecular flexibility index (Phi) is 11.5. The van der Waals surface area contributed by atoms with Crippen molar-refractivity contribution in [2.75, 3.05) is 6.61 Å². The van der Waals surface area contributed by atoms with Crippen LogP contribution in [0.4, 0.5) is 12.3 Å². The molecule has 0 aromatic rings. The molecule has 0 bridgehead atoms. The highest BCUT2D eigenvalue weighted by Gasteiger charge is 2.35. The van der Waals surface area contributed by atoms with Crippen molar-refractivity contribution in [1.82, 2.24) is 0 Å². The Morgan fingerprint density at radius 3 is 1.80 bits per heavy atom. The van der Waals surface area contributed by atoms with Crippen molar-refractivity contribution < 1.29 is 21.9 Å². The average Bonchev–Trinajstić information content (AvgIpc) is 2.38. The Labute approximate surface area is 120 Å². The monoisotopic (exact) mass is 310 g/mol. The summed E-state index contributed by atoms with van der Waals surface area (Å²) in [6.45, 7) is 3.75. The van der Waals surface area contributed by atoms with Crippen LogP contribution in [0.25, 0.3) is 0 Å². The normalized spacial score (nSPS) is 11.3. The number of hydrogen-bond donors (Lipinski definition) is 0. The topological polar surface area (TPSA) is 26.3 Å². The second kappa shape index (κ2) is 12.0. The fraction of sp³-hybridized carbons (Fsp3) is 0.786. The SMILES string of the molecule is C=CC(=O)OCCCCCCCCCCC[Si](F)(F)F. The zero-order valence-corrected chi connectivity index (χ0v) is 13.0. The molecule has 0 saturated carbocycles. The van der Waals surface area contributed by atoms with Crippen LogP contribution in [0.15, 0.2) is 12.7 Å². The van der Waals surface area contributed by atoms with Crippen LogP contribution in [0.2, 0.25) is 6.04 Å². The van der Waals surface area contributed by atoms with E-state index in [1.165, 1.54) is 0 Å². The van der Waals surface area contributed by atoms with Crippen molar-refractivity contribution >= 4 is 15.0 Å². The van der Waals surface area contributed by atoms with Gasteiger partial charge in [0, 0.05) is 12.1 Å². The molecule has 0 aliphatic rings. The summed E-state index contributed by atoms with van der Waals surface area (Å²) in [4.78, 5) is 10.7. The number of unbranched alkanes of at least 4 members (excludes halogenated alkanes) is 8.